The van der Waals surface area contributed by atoms with Gasteiger partial charge in [-0.15, -0.1) is 0 Å². The molecule has 0 unspecified atom stereocenters. The first kappa shape index (κ1) is 9.26. The summed E-state index contributed by atoms with van der Waals surface area (Å²) in [6.45, 7) is 4.37. The Hall–Kier alpha value is -0.830. The zero-order valence-electron chi connectivity index (χ0n) is 7.58. The first-order chi connectivity index (χ1) is 5.72. The van der Waals surface area contributed by atoms with Gasteiger partial charge in [0.15, 0.2) is 5.89 Å². The van der Waals surface area contributed by atoms with Crippen LogP contribution in [0.1, 0.15) is 25.5 Å². The number of hydrogen-bond donors (Lipinski definition) is 1. The van der Waals surface area contributed by atoms with E-state index < -0.39 is 0 Å². The van der Waals surface area contributed by atoms with Gasteiger partial charge in [-0.05, 0) is 5.92 Å². The molecular formula is C9H15NO2. The maximum Gasteiger partial charge on any atom is 0.196 e. The van der Waals surface area contributed by atoms with E-state index in [4.69, 9.17) is 9.52 Å². The van der Waals surface area contributed by atoms with Crippen molar-refractivity contribution in [3.05, 3.63) is 17.8 Å². The summed E-state index contributed by atoms with van der Waals surface area (Å²) < 4.78 is 5.36. The topological polar surface area (TPSA) is 46.3 Å². The van der Waals surface area contributed by atoms with Gasteiger partial charge in [0.2, 0.25) is 0 Å². The van der Waals surface area contributed by atoms with Gasteiger partial charge in [-0.2, -0.15) is 0 Å². The van der Waals surface area contributed by atoms with Crippen molar-refractivity contribution in [2.75, 3.05) is 6.61 Å². The Morgan fingerprint density at radius 2 is 2.33 bits per heavy atom. The van der Waals surface area contributed by atoms with Crippen molar-refractivity contribution in [3.63, 3.8) is 0 Å². The van der Waals surface area contributed by atoms with Crippen LogP contribution in [-0.4, -0.2) is 16.7 Å². The predicted molar refractivity (Wildman–Crippen MR) is 45.8 cm³/mol. The lowest BCUT2D eigenvalue weighted by Crippen LogP contribution is -1.91. The lowest BCUT2D eigenvalue weighted by molar-refractivity contribution is 0.282. The van der Waals surface area contributed by atoms with E-state index in [2.05, 4.69) is 18.8 Å². The molecule has 12 heavy (non-hydrogen) atoms. The van der Waals surface area contributed by atoms with E-state index in [1.807, 2.05) is 0 Å². The summed E-state index contributed by atoms with van der Waals surface area (Å²) in [7, 11) is 0. The van der Waals surface area contributed by atoms with Gasteiger partial charge in [0.05, 0.1) is 12.8 Å². The van der Waals surface area contributed by atoms with Gasteiger partial charge in [0.25, 0.3) is 0 Å². The van der Waals surface area contributed by atoms with Crippen molar-refractivity contribution in [2.24, 2.45) is 5.92 Å². The molecule has 68 valence electrons. The van der Waals surface area contributed by atoms with Gasteiger partial charge in [0, 0.05) is 12.8 Å². The molecule has 0 atom stereocenters. The molecule has 1 aromatic heterocycles. The number of hydrogen-bond acceptors (Lipinski definition) is 3. The molecule has 1 N–H and O–H groups in total. The third-order valence-corrected chi connectivity index (χ3v) is 1.54. The fourth-order valence-corrected chi connectivity index (χ4v) is 1.06. The highest BCUT2D eigenvalue weighted by Gasteiger charge is 2.04. The zero-order valence-corrected chi connectivity index (χ0v) is 7.58. The van der Waals surface area contributed by atoms with Crippen LogP contribution < -0.4 is 0 Å². The molecule has 0 amide bonds. The highest BCUT2D eigenvalue weighted by atomic mass is 16.4. The molecule has 3 nitrogen and oxygen atoms in total. The molecule has 0 radical (unpaired) electrons. The first-order valence-corrected chi connectivity index (χ1v) is 4.27. The highest BCUT2D eigenvalue weighted by Crippen LogP contribution is 2.09. The van der Waals surface area contributed by atoms with Crippen LogP contribution in [-0.2, 0) is 12.8 Å². The van der Waals surface area contributed by atoms with Gasteiger partial charge >= 0.3 is 0 Å². The molecule has 0 aliphatic rings. The Labute approximate surface area is 72.4 Å². The van der Waals surface area contributed by atoms with Crippen molar-refractivity contribution in [3.8, 4) is 0 Å². The fraction of sp³-hybridized carbons (Fsp3) is 0.667. The number of aliphatic hydroxyl groups is 1. The minimum Gasteiger partial charge on any atom is -0.446 e. The smallest absolute Gasteiger partial charge is 0.196 e. The lowest BCUT2D eigenvalue weighted by atomic mass is 10.1. The molecule has 1 heterocycles. The van der Waals surface area contributed by atoms with Crippen molar-refractivity contribution in [2.45, 2.75) is 26.7 Å². The highest BCUT2D eigenvalue weighted by molar-refractivity contribution is 4.95. The third kappa shape index (κ3) is 2.66. The molecule has 0 saturated carbocycles. The molecular weight excluding hydrogens is 154 g/mol. The summed E-state index contributed by atoms with van der Waals surface area (Å²) in [6.07, 6.45) is 3.17. The second-order valence-corrected chi connectivity index (χ2v) is 3.29. The van der Waals surface area contributed by atoms with Gasteiger partial charge in [-0.1, -0.05) is 13.8 Å². The Balaban J connectivity index is 2.52. The average molecular weight is 169 g/mol. The predicted octanol–water partition coefficient (Wildman–Crippen LogP) is 1.41. The molecule has 1 aromatic rings. The number of aliphatic hydroxyl groups excluding tert-OH is 1. The largest absolute Gasteiger partial charge is 0.446 e. The van der Waals surface area contributed by atoms with Crippen molar-refractivity contribution < 1.29 is 9.52 Å². The monoisotopic (exact) mass is 169 g/mol. The molecule has 0 aliphatic carbocycles. The van der Waals surface area contributed by atoms with Crippen molar-refractivity contribution >= 4 is 0 Å². The van der Waals surface area contributed by atoms with Gasteiger partial charge in [0.1, 0.15) is 5.76 Å². The number of nitrogens with zero attached hydrogens (tertiary/aromatic N) is 1. The first-order valence-electron chi connectivity index (χ1n) is 4.27. The summed E-state index contributed by atoms with van der Waals surface area (Å²) in [5.74, 6) is 2.13. The molecule has 0 bridgehead atoms. The second kappa shape index (κ2) is 4.26. The minimum absolute atomic E-state index is 0.0988. The standard InChI is InChI=1S/C9H15NO2/c1-7(2)5-8-6-10-9(12-8)3-4-11/h6-7,11H,3-5H2,1-2H3. The quantitative estimate of drug-likeness (QED) is 0.741. The summed E-state index contributed by atoms with van der Waals surface area (Å²) >= 11 is 0. The Morgan fingerprint density at radius 3 is 2.92 bits per heavy atom. The van der Waals surface area contributed by atoms with Crippen molar-refractivity contribution in [1.29, 1.82) is 0 Å². The van der Waals surface area contributed by atoms with E-state index in [-0.39, 0.29) is 6.61 Å². The zero-order chi connectivity index (χ0) is 8.97. The number of rotatable bonds is 4. The summed E-state index contributed by atoms with van der Waals surface area (Å²) in [4.78, 5) is 4.03. The molecule has 0 fully saturated rings. The van der Waals surface area contributed by atoms with E-state index >= 15 is 0 Å². The van der Waals surface area contributed by atoms with Crippen LogP contribution in [0.3, 0.4) is 0 Å². The van der Waals surface area contributed by atoms with Gasteiger partial charge < -0.3 is 9.52 Å². The summed E-state index contributed by atoms with van der Waals surface area (Å²) in [5, 5.41) is 8.61. The molecule has 0 saturated heterocycles. The van der Waals surface area contributed by atoms with Crippen LogP contribution in [0.15, 0.2) is 10.6 Å². The van der Waals surface area contributed by atoms with Gasteiger partial charge in [-0.3, -0.25) is 0 Å². The van der Waals surface area contributed by atoms with E-state index in [1.165, 1.54) is 0 Å². The molecule has 0 aliphatic heterocycles. The Morgan fingerprint density at radius 1 is 1.58 bits per heavy atom. The SMILES string of the molecule is CC(C)Cc1cnc(CCO)o1. The maximum absolute atomic E-state index is 8.61. The normalized spacial score (nSPS) is 11.0. The maximum atomic E-state index is 8.61. The van der Waals surface area contributed by atoms with Crippen LogP contribution in [0.4, 0.5) is 0 Å². The molecule has 0 aromatic carbocycles. The van der Waals surface area contributed by atoms with Crippen LogP contribution >= 0.6 is 0 Å². The fourth-order valence-electron chi connectivity index (χ4n) is 1.06. The van der Waals surface area contributed by atoms with E-state index in [1.54, 1.807) is 6.20 Å². The van der Waals surface area contributed by atoms with Crippen LogP contribution in [0.2, 0.25) is 0 Å². The van der Waals surface area contributed by atoms with E-state index in [9.17, 15) is 0 Å². The average Bonchev–Trinajstić information content (AvgIpc) is 2.36. The van der Waals surface area contributed by atoms with E-state index in [0.717, 1.165) is 12.2 Å². The second-order valence-electron chi connectivity index (χ2n) is 3.29. The van der Waals surface area contributed by atoms with Gasteiger partial charge in [-0.25, -0.2) is 4.98 Å². The van der Waals surface area contributed by atoms with E-state index in [0.29, 0.717) is 18.2 Å². The van der Waals surface area contributed by atoms with Crippen LogP contribution in [0.5, 0.6) is 0 Å². The number of oxazole rings is 1. The lowest BCUT2D eigenvalue weighted by Gasteiger charge is -1.98. The Bertz CT molecular complexity index is 230. The Kier molecular flexibility index (Phi) is 3.29. The minimum atomic E-state index is 0.0988. The van der Waals surface area contributed by atoms with Crippen LogP contribution in [0.25, 0.3) is 0 Å². The molecule has 0 spiro atoms. The summed E-state index contributed by atoms with van der Waals surface area (Å²) in [6, 6.07) is 0. The van der Waals surface area contributed by atoms with Crippen LogP contribution in [0, 0.1) is 5.92 Å². The number of aromatic nitrogens is 1. The molecule has 3 heteroatoms. The third-order valence-electron chi connectivity index (χ3n) is 1.54. The summed E-state index contributed by atoms with van der Waals surface area (Å²) in [5.41, 5.74) is 0. The molecule has 1 rings (SSSR count). The van der Waals surface area contributed by atoms with Crippen molar-refractivity contribution in [1.82, 2.24) is 4.98 Å².